The fourth-order valence-corrected chi connectivity index (χ4v) is 2.80. The minimum absolute atomic E-state index is 0.00458. The highest BCUT2D eigenvalue weighted by Crippen LogP contribution is 2.29. The number of carbonyl (C=O) groups is 2. The van der Waals surface area contributed by atoms with Crippen molar-refractivity contribution in [1.82, 2.24) is 10.2 Å². The first-order valence-electron chi connectivity index (χ1n) is 8.08. The van der Waals surface area contributed by atoms with Gasteiger partial charge in [0.05, 0.1) is 11.5 Å². The lowest BCUT2D eigenvalue weighted by Crippen LogP contribution is -2.41. The van der Waals surface area contributed by atoms with Gasteiger partial charge in [-0.1, -0.05) is 0 Å². The molecule has 0 bridgehead atoms. The summed E-state index contributed by atoms with van der Waals surface area (Å²) in [6.45, 7) is 1.58. The molecule has 1 fully saturated rings. The average Bonchev–Trinajstić information content (AvgIpc) is 2.87. The number of ether oxygens (including phenoxy) is 1. The first-order valence-corrected chi connectivity index (χ1v) is 8.08. The molecule has 1 N–H and O–H groups in total. The zero-order valence-corrected chi connectivity index (χ0v) is 14.3. The van der Waals surface area contributed by atoms with E-state index in [1.807, 2.05) is 0 Å². The van der Waals surface area contributed by atoms with Crippen molar-refractivity contribution in [2.45, 2.75) is 12.5 Å². The number of imide groups is 1. The summed E-state index contributed by atoms with van der Waals surface area (Å²) in [4.78, 5) is 36.2. The number of rotatable bonds is 6. The van der Waals surface area contributed by atoms with E-state index in [2.05, 4.69) is 5.32 Å². The van der Waals surface area contributed by atoms with Crippen LogP contribution in [0.3, 0.4) is 0 Å². The molecule has 0 radical (unpaired) electrons. The Morgan fingerprint density at radius 3 is 2.37 bits per heavy atom. The maximum absolute atomic E-state index is 12.9. The molecule has 140 valence electrons. The van der Waals surface area contributed by atoms with Crippen molar-refractivity contribution >= 4 is 17.6 Å². The van der Waals surface area contributed by atoms with E-state index in [1.165, 1.54) is 55.5 Å². The highest BCUT2D eigenvalue weighted by molar-refractivity contribution is 6.07. The predicted octanol–water partition coefficient (Wildman–Crippen LogP) is 2.58. The van der Waals surface area contributed by atoms with Crippen LogP contribution in [0.5, 0.6) is 5.75 Å². The van der Waals surface area contributed by atoms with Gasteiger partial charge in [0, 0.05) is 12.1 Å². The molecule has 3 rings (SSSR count). The van der Waals surface area contributed by atoms with Crippen LogP contribution >= 0.6 is 0 Å². The van der Waals surface area contributed by atoms with Gasteiger partial charge in [0.25, 0.3) is 11.6 Å². The Morgan fingerprint density at radius 1 is 1.15 bits per heavy atom. The van der Waals surface area contributed by atoms with Crippen LogP contribution < -0.4 is 10.1 Å². The Hall–Kier alpha value is -3.49. The average molecular weight is 373 g/mol. The van der Waals surface area contributed by atoms with E-state index in [-0.39, 0.29) is 18.8 Å². The number of carbonyl (C=O) groups excluding carboxylic acids is 2. The molecule has 1 unspecified atom stereocenters. The lowest BCUT2D eigenvalue weighted by atomic mass is 9.92. The van der Waals surface area contributed by atoms with Gasteiger partial charge in [-0.25, -0.2) is 9.18 Å². The monoisotopic (exact) mass is 373 g/mol. The maximum Gasteiger partial charge on any atom is 0.325 e. The summed E-state index contributed by atoms with van der Waals surface area (Å²) in [5, 5.41) is 13.4. The Bertz CT molecular complexity index is 885. The third kappa shape index (κ3) is 3.57. The second-order valence-electron chi connectivity index (χ2n) is 6.12. The van der Waals surface area contributed by atoms with Crippen molar-refractivity contribution in [3.05, 3.63) is 70.0 Å². The number of nitrogens with zero attached hydrogens (tertiary/aromatic N) is 2. The summed E-state index contributed by atoms with van der Waals surface area (Å²) in [5.74, 6) is -0.457. The van der Waals surface area contributed by atoms with Crippen LogP contribution in [0.25, 0.3) is 0 Å². The van der Waals surface area contributed by atoms with Crippen LogP contribution in [0.2, 0.25) is 0 Å². The molecule has 1 aliphatic rings. The second-order valence-corrected chi connectivity index (χ2v) is 6.12. The second kappa shape index (κ2) is 7.02. The molecule has 2 aromatic carbocycles. The molecule has 0 saturated carbocycles. The van der Waals surface area contributed by atoms with E-state index < -0.39 is 28.2 Å². The summed E-state index contributed by atoms with van der Waals surface area (Å²) >= 11 is 0. The van der Waals surface area contributed by atoms with Gasteiger partial charge in [0.1, 0.15) is 23.7 Å². The van der Waals surface area contributed by atoms with E-state index in [9.17, 15) is 24.1 Å². The molecule has 3 amide bonds. The molecular formula is C18H16FN3O5. The van der Waals surface area contributed by atoms with Gasteiger partial charge in [-0.3, -0.25) is 19.8 Å². The fraction of sp³-hybridized carbons (Fsp3) is 0.222. The van der Waals surface area contributed by atoms with Gasteiger partial charge >= 0.3 is 6.03 Å². The summed E-state index contributed by atoms with van der Waals surface area (Å²) in [6.07, 6.45) is 0. The number of amides is 3. The van der Waals surface area contributed by atoms with E-state index in [1.54, 1.807) is 0 Å². The molecule has 0 spiro atoms. The third-order valence-electron chi connectivity index (χ3n) is 4.33. The van der Waals surface area contributed by atoms with E-state index in [0.29, 0.717) is 11.3 Å². The van der Waals surface area contributed by atoms with Gasteiger partial charge < -0.3 is 10.1 Å². The fourth-order valence-electron chi connectivity index (χ4n) is 2.80. The zero-order chi connectivity index (χ0) is 19.6. The third-order valence-corrected chi connectivity index (χ3v) is 4.33. The number of hydrogen-bond donors (Lipinski definition) is 1. The van der Waals surface area contributed by atoms with Gasteiger partial charge in [-0.05, 0) is 48.9 Å². The Labute approximate surface area is 153 Å². The van der Waals surface area contributed by atoms with Gasteiger partial charge in [0.2, 0.25) is 0 Å². The minimum Gasteiger partial charge on any atom is -0.492 e. The summed E-state index contributed by atoms with van der Waals surface area (Å²) in [7, 11) is 0. The maximum atomic E-state index is 12.9. The van der Waals surface area contributed by atoms with Crippen molar-refractivity contribution in [2.75, 3.05) is 13.2 Å². The highest BCUT2D eigenvalue weighted by atomic mass is 19.1. The standard InChI is InChI=1S/C18H16FN3O5/c1-18(12-2-6-14(7-3-12)22(25)26)16(23)21(17(24)20-18)10-11-27-15-8-4-13(19)5-9-15/h2-9H,10-11H2,1H3,(H,20,24). The number of benzene rings is 2. The first kappa shape index (κ1) is 18.3. The Balaban J connectivity index is 1.68. The number of nitrogens with one attached hydrogen (secondary N) is 1. The molecule has 0 aromatic heterocycles. The quantitative estimate of drug-likeness (QED) is 0.476. The molecular weight excluding hydrogens is 357 g/mol. The topological polar surface area (TPSA) is 102 Å². The molecule has 1 heterocycles. The highest BCUT2D eigenvalue weighted by Gasteiger charge is 2.48. The lowest BCUT2D eigenvalue weighted by Gasteiger charge is -2.22. The van der Waals surface area contributed by atoms with Crippen LogP contribution in [0.1, 0.15) is 12.5 Å². The van der Waals surface area contributed by atoms with Crippen LogP contribution in [0.4, 0.5) is 14.9 Å². The van der Waals surface area contributed by atoms with Crippen LogP contribution in [-0.2, 0) is 10.3 Å². The smallest absolute Gasteiger partial charge is 0.325 e. The van der Waals surface area contributed by atoms with Gasteiger partial charge in [-0.15, -0.1) is 0 Å². The number of hydrogen-bond acceptors (Lipinski definition) is 5. The van der Waals surface area contributed by atoms with Crippen LogP contribution in [0, 0.1) is 15.9 Å². The van der Waals surface area contributed by atoms with E-state index in [0.717, 1.165) is 4.90 Å². The first-order chi connectivity index (χ1) is 12.8. The number of nitro groups is 1. The molecule has 27 heavy (non-hydrogen) atoms. The Kier molecular flexibility index (Phi) is 4.76. The molecule has 1 aliphatic heterocycles. The van der Waals surface area contributed by atoms with Crippen molar-refractivity contribution < 1.29 is 23.6 Å². The number of nitro benzene ring substituents is 1. The summed E-state index contributed by atoms with van der Waals surface area (Å²) < 4.78 is 18.3. The van der Waals surface area contributed by atoms with E-state index >= 15 is 0 Å². The van der Waals surface area contributed by atoms with Gasteiger partial charge in [0.15, 0.2) is 0 Å². The molecule has 9 heteroatoms. The van der Waals surface area contributed by atoms with Crippen molar-refractivity contribution in [3.8, 4) is 5.75 Å². The summed E-state index contributed by atoms with van der Waals surface area (Å²) in [5.41, 5.74) is -0.987. The molecule has 8 nitrogen and oxygen atoms in total. The van der Waals surface area contributed by atoms with Crippen molar-refractivity contribution in [2.24, 2.45) is 0 Å². The van der Waals surface area contributed by atoms with Crippen LogP contribution in [-0.4, -0.2) is 34.9 Å². The van der Waals surface area contributed by atoms with Gasteiger partial charge in [-0.2, -0.15) is 0 Å². The lowest BCUT2D eigenvalue weighted by molar-refractivity contribution is -0.384. The summed E-state index contributed by atoms with van der Waals surface area (Å²) in [6, 6.07) is 10.2. The van der Waals surface area contributed by atoms with E-state index in [4.69, 9.17) is 4.74 Å². The molecule has 1 atom stereocenters. The van der Waals surface area contributed by atoms with Crippen molar-refractivity contribution in [3.63, 3.8) is 0 Å². The molecule has 2 aromatic rings. The molecule has 1 saturated heterocycles. The normalized spacial score (nSPS) is 19.1. The number of halogens is 1. The SMILES string of the molecule is CC1(c2ccc([N+](=O)[O-])cc2)NC(=O)N(CCOc2ccc(F)cc2)C1=O. The number of urea groups is 1. The number of non-ortho nitro benzene ring substituents is 1. The van der Waals surface area contributed by atoms with Crippen LogP contribution in [0.15, 0.2) is 48.5 Å². The van der Waals surface area contributed by atoms with Crippen molar-refractivity contribution in [1.29, 1.82) is 0 Å². The minimum atomic E-state index is -1.32. The zero-order valence-electron chi connectivity index (χ0n) is 14.3. The Morgan fingerprint density at radius 2 is 1.78 bits per heavy atom. The largest absolute Gasteiger partial charge is 0.492 e. The molecule has 0 aliphatic carbocycles. The predicted molar refractivity (Wildman–Crippen MR) is 92.6 cm³/mol.